The van der Waals surface area contributed by atoms with Crippen LogP contribution in [0, 0.1) is 5.82 Å². The zero-order chi connectivity index (χ0) is 25.8. The second kappa shape index (κ2) is 10.3. The van der Waals surface area contributed by atoms with Crippen LogP contribution in [0.15, 0.2) is 95.5 Å². The number of hydrogen-bond donors (Lipinski definition) is 0. The fraction of sp³-hybridized carbons (Fsp3) is 0.0667. The Kier molecular flexibility index (Phi) is 6.97. The zero-order valence-corrected chi connectivity index (χ0v) is 19.8. The summed E-state index contributed by atoms with van der Waals surface area (Å²) in [6.07, 6.45) is 3.71. The summed E-state index contributed by atoms with van der Waals surface area (Å²) in [5.74, 6) is -0.475. The number of ether oxygens (including phenoxy) is 2. The van der Waals surface area contributed by atoms with Crippen LogP contribution in [0.5, 0.6) is 11.5 Å². The number of carbonyl (C=O) groups excluding carboxylic acids is 2. The van der Waals surface area contributed by atoms with Gasteiger partial charge in [0.15, 0.2) is 11.6 Å². The number of hydrogen-bond acceptors (Lipinski definition) is 5. The summed E-state index contributed by atoms with van der Waals surface area (Å²) in [5, 5.41) is 1.91. The Balaban J connectivity index is 1.47. The molecule has 0 fully saturated rings. The molecule has 0 aliphatic carbocycles. The Morgan fingerprint density at radius 3 is 2.22 bits per heavy atom. The van der Waals surface area contributed by atoms with Gasteiger partial charge in [0.05, 0.1) is 0 Å². The molecular weight excluding hydrogens is 459 g/mol. The molecule has 0 bridgehead atoms. The fourth-order valence-corrected chi connectivity index (χ4v) is 3.30. The summed E-state index contributed by atoms with van der Waals surface area (Å²) < 4.78 is 30.5. The molecule has 0 atom stereocenters. The third-order valence-electron chi connectivity index (χ3n) is 5.23. The highest BCUT2D eigenvalue weighted by Crippen LogP contribution is 2.29. The highest BCUT2D eigenvalue weighted by Gasteiger charge is 2.13. The fourth-order valence-electron chi connectivity index (χ4n) is 3.30. The molecule has 180 valence electrons. The molecule has 36 heavy (non-hydrogen) atoms. The van der Waals surface area contributed by atoms with E-state index in [-0.39, 0.29) is 11.3 Å². The van der Waals surface area contributed by atoms with Crippen LogP contribution in [0.4, 0.5) is 4.39 Å². The Morgan fingerprint density at radius 1 is 0.806 bits per heavy atom. The van der Waals surface area contributed by atoms with Gasteiger partial charge in [0.2, 0.25) is 0 Å². The first-order valence-corrected chi connectivity index (χ1v) is 11.1. The van der Waals surface area contributed by atoms with Crippen molar-refractivity contribution in [2.45, 2.75) is 13.8 Å². The van der Waals surface area contributed by atoms with Crippen LogP contribution in [0.3, 0.4) is 0 Å². The van der Waals surface area contributed by atoms with E-state index in [0.29, 0.717) is 28.4 Å². The molecule has 0 N–H and O–H groups in total. The largest absolute Gasteiger partial charge is 0.457 e. The van der Waals surface area contributed by atoms with Crippen molar-refractivity contribution in [2.24, 2.45) is 0 Å². The summed E-state index contributed by atoms with van der Waals surface area (Å²) in [4.78, 5) is 23.4. The van der Waals surface area contributed by atoms with Crippen LogP contribution < -0.4 is 9.47 Å². The number of rotatable bonds is 7. The van der Waals surface area contributed by atoms with Crippen molar-refractivity contribution in [1.29, 1.82) is 0 Å². The Hall–Kier alpha value is -4.71. The van der Waals surface area contributed by atoms with Gasteiger partial charge in [-0.3, -0.25) is 0 Å². The quantitative estimate of drug-likeness (QED) is 0.156. The molecule has 0 aliphatic heterocycles. The van der Waals surface area contributed by atoms with Gasteiger partial charge in [-0.05, 0) is 84.8 Å². The van der Waals surface area contributed by atoms with Gasteiger partial charge >= 0.3 is 11.9 Å². The van der Waals surface area contributed by atoms with E-state index in [4.69, 9.17) is 13.9 Å². The highest BCUT2D eigenvalue weighted by atomic mass is 19.1. The number of halogens is 1. The van der Waals surface area contributed by atoms with E-state index in [9.17, 15) is 14.0 Å². The second-order valence-electron chi connectivity index (χ2n) is 8.29. The zero-order valence-electron chi connectivity index (χ0n) is 19.8. The van der Waals surface area contributed by atoms with Crippen LogP contribution in [-0.4, -0.2) is 11.9 Å². The predicted molar refractivity (Wildman–Crippen MR) is 138 cm³/mol. The molecule has 5 nitrogen and oxygen atoms in total. The molecular formula is C30H23FO5. The third-order valence-corrected chi connectivity index (χ3v) is 5.23. The lowest BCUT2D eigenvalue weighted by atomic mass is 10.1. The van der Waals surface area contributed by atoms with E-state index < -0.39 is 17.8 Å². The first-order valence-electron chi connectivity index (χ1n) is 11.1. The molecule has 0 saturated heterocycles. The van der Waals surface area contributed by atoms with Gasteiger partial charge in [0.25, 0.3) is 0 Å². The molecule has 0 unspecified atom stereocenters. The Bertz CT molecular complexity index is 1540. The van der Waals surface area contributed by atoms with Gasteiger partial charge in [-0.2, -0.15) is 0 Å². The molecule has 6 heteroatoms. The standard InChI is InChI=1S/C30H23FO5/c1-18(2)29(32)35-25-11-8-21-15-20(5-7-22(21)16-25)6-10-24-12-14-27(34-24)23-9-13-28(26(31)17-23)36-30(33)19(3)4/h5-17H,1,3H2,2,4H3. The first kappa shape index (κ1) is 24.4. The number of furan rings is 1. The third kappa shape index (κ3) is 5.67. The minimum Gasteiger partial charge on any atom is -0.457 e. The molecule has 0 saturated carbocycles. The SMILES string of the molecule is C=C(C)C(=O)Oc1ccc2cc(C=Cc3ccc(-c4ccc(OC(=O)C(=C)C)c(F)c4)o3)ccc2c1. The summed E-state index contributed by atoms with van der Waals surface area (Å²) in [7, 11) is 0. The van der Waals surface area contributed by atoms with Gasteiger partial charge in [0, 0.05) is 16.7 Å². The molecule has 0 amide bonds. The van der Waals surface area contributed by atoms with E-state index in [1.54, 1.807) is 37.3 Å². The number of esters is 2. The number of carbonyl (C=O) groups is 2. The maximum atomic E-state index is 14.4. The van der Waals surface area contributed by atoms with Gasteiger partial charge in [0.1, 0.15) is 17.3 Å². The smallest absolute Gasteiger partial charge is 0.338 e. The maximum Gasteiger partial charge on any atom is 0.338 e. The predicted octanol–water partition coefficient (Wildman–Crippen LogP) is 7.37. The second-order valence-corrected chi connectivity index (χ2v) is 8.29. The van der Waals surface area contributed by atoms with Crippen molar-refractivity contribution >= 4 is 34.9 Å². The number of benzene rings is 3. The van der Waals surface area contributed by atoms with Crippen LogP contribution in [0.1, 0.15) is 25.2 Å². The average Bonchev–Trinajstić information content (AvgIpc) is 3.32. The van der Waals surface area contributed by atoms with Crippen LogP contribution in [-0.2, 0) is 9.59 Å². The summed E-state index contributed by atoms with van der Waals surface area (Å²) in [6.45, 7) is 10.2. The van der Waals surface area contributed by atoms with Crippen molar-refractivity contribution in [3.63, 3.8) is 0 Å². The average molecular weight is 483 g/mol. The van der Waals surface area contributed by atoms with Crippen molar-refractivity contribution in [3.8, 4) is 22.8 Å². The number of fused-ring (bicyclic) bond motifs is 1. The molecule has 0 aliphatic rings. The van der Waals surface area contributed by atoms with Crippen LogP contribution in [0.2, 0.25) is 0 Å². The summed E-state index contributed by atoms with van der Waals surface area (Å²) in [5.41, 5.74) is 1.97. The van der Waals surface area contributed by atoms with Gasteiger partial charge in [-0.25, -0.2) is 14.0 Å². The van der Waals surface area contributed by atoms with E-state index in [1.807, 2.05) is 36.4 Å². The van der Waals surface area contributed by atoms with Crippen molar-refractivity contribution in [3.05, 3.63) is 108 Å². The molecule has 1 heterocycles. The van der Waals surface area contributed by atoms with E-state index in [1.165, 1.54) is 19.1 Å². The molecule has 4 rings (SSSR count). The van der Waals surface area contributed by atoms with Gasteiger partial charge in [-0.15, -0.1) is 0 Å². The van der Waals surface area contributed by atoms with E-state index >= 15 is 0 Å². The highest BCUT2D eigenvalue weighted by molar-refractivity contribution is 5.91. The summed E-state index contributed by atoms with van der Waals surface area (Å²) in [6, 6.07) is 19.0. The van der Waals surface area contributed by atoms with E-state index in [2.05, 4.69) is 13.2 Å². The minimum absolute atomic E-state index is 0.171. The topological polar surface area (TPSA) is 65.7 Å². The Labute approximate surface area is 207 Å². The Morgan fingerprint density at radius 2 is 1.50 bits per heavy atom. The minimum atomic E-state index is -0.688. The molecule has 3 aromatic carbocycles. The van der Waals surface area contributed by atoms with Gasteiger partial charge in [-0.1, -0.05) is 37.4 Å². The van der Waals surface area contributed by atoms with Crippen LogP contribution in [0.25, 0.3) is 34.2 Å². The molecule has 1 aromatic heterocycles. The first-order chi connectivity index (χ1) is 17.2. The molecule has 4 aromatic rings. The van der Waals surface area contributed by atoms with Gasteiger partial charge < -0.3 is 13.9 Å². The molecule has 0 spiro atoms. The van der Waals surface area contributed by atoms with Crippen LogP contribution >= 0.6 is 0 Å². The van der Waals surface area contributed by atoms with Crippen molar-refractivity contribution in [2.75, 3.05) is 0 Å². The van der Waals surface area contributed by atoms with Crippen molar-refractivity contribution < 1.29 is 27.9 Å². The lowest BCUT2D eigenvalue weighted by Gasteiger charge is -2.06. The summed E-state index contributed by atoms with van der Waals surface area (Å²) >= 11 is 0. The lowest BCUT2D eigenvalue weighted by Crippen LogP contribution is -2.09. The lowest BCUT2D eigenvalue weighted by molar-refractivity contribution is -0.131. The maximum absolute atomic E-state index is 14.4. The van der Waals surface area contributed by atoms with E-state index in [0.717, 1.165) is 16.3 Å². The molecule has 0 radical (unpaired) electrons. The monoisotopic (exact) mass is 482 g/mol. The van der Waals surface area contributed by atoms with Crippen molar-refractivity contribution in [1.82, 2.24) is 0 Å². The normalized spacial score (nSPS) is 11.0.